The average Bonchev–Trinajstić information content (AvgIpc) is 2.32. The fraction of sp³-hybridized carbons (Fsp3) is 0.200. The molecule has 0 aliphatic carbocycles. The lowest BCUT2D eigenvalue weighted by Crippen LogP contribution is -2.00. The van der Waals surface area contributed by atoms with Crippen LogP contribution in [-0.2, 0) is 0 Å². The summed E-state index contributed by atoms with van der Waals surface area (Å²) in [5.74, 6) is 0.191. The third kappa shape index (κ3) is 3.06. The van der Waals surface area contributed by atoms with Gasteiger partial charge in [-0.1, -0.05) is 23.7 Å². The van der Waals surface area contributed by atoms with Gasteiger partial charge < -0.3 is 9.84 Å². The number of rotatable bonds is 3. The van der Waals surface area contributed by atoms with Crippen molar-refractivity contribution in [1.29, 1.82) is 0 Å². The molecule has 2 rings (SSSR count). The van der Waals surface area contributed by atoms with Gasteiger partial charge in [-0.15, -0.1) is 0 Å². The van der Waals surface area contributed by atoms with Crippen molar-refractivity contribution in [3.63, 3.8) is 0 Å². The van der Waals surface area contributed by atoms with Gasteiger partial charge in [0.1, 0.15) is 17.3 Å². The summed E-state index contributed by atoms with van der Waals surface area (Å²) in [5.41, 5.74) is 1.13. The highest BCUT2D eigenvalue weighted by Crippen LogP contribution is 2.35. The Hall–Kier alpha value is -1.58. The number of aryl methyl sites for hydroxylation is 1. The van der Waals surface area contributed by atoms with E-state index in [-0.39, 0.29) is 11.3 Å². The van der Waals surface area contributed by atoms with E-state index in [0.29, 0.717) is 10.8 Å². The molecule has 0 aliphatic rings. The van der Waals surface area contributed by atoms with Crippen LogP contribution < -0.4 is 4.74 Å². The van der Waals surface area contributed by atoms with Crippen LogP contribution in [0.15, 0.2) is 36.4 Å². The molecule has 0 amide bonds. The maximum absolute atomic E-state index is 13.7. The minimum atomic E-state index is -0.958. The number of hydrogen-bond acceptors (Lipinski definition) is 2. The Labute approximate surface area is 116 Å². The quantitative estimate of drug-likeness (QED) is 0.888. The lowest BCUT2D eigenvalue weighted by atomic mass is 10.1. The number of aliphatic hydroxyl groups excluding tert-OH is 1. The Morgan fingerprint density at radius 3 is 2.58 bits per heavy atom. The molecule has 4 heteroatoms. The number of benzene rings is 2. The molecule has 2 aromatic rings. The monoisotopic (exact) mass is 280 g/mol. The molecule has 2 nitrogen and oxygen atoms in total. The Balaban J connectivity index is 2.41. The number of aliphatic hydroxyl groups is 1. The van der Waals surface area contributed by atoms with Crippen molar-refractivity contribution in [2.24, 2.45) is 0 Å². The second-order valence-corrected chi connectivity index (χ2v) is 4.77. The van der Waals surface area contributed by atoms with E-state index in [2.05, 4.69) is 0 Å². The highest BCUT2D eigenvalue weighted by atomic mass is 35.5. The van der Waals surface area contributed by atoms with E-state index in [1.165, 1.54) is 19.1 Å². The van der Waals surface area contributed by atoms with Crippen LogP contribution >= 0.6 is 11.6 Å². The van der Waals surface area contributed by atoms with Crippen molar-refractivity contribution < 1.29 is 14.2 Å². The van der Waals surface area contributed by atoms with Crippen LogP contribution in [0.1, 0.15) is 24.2 Å². The number of halogens is 2. The third-order valence-corrected chi connectivity index (χ3v) is 3.03. The lowest BCUT2D eigenvalue weighted by molar-refractivity contribution is 0.190. The summed E-state index contributed by atoms with van der Waals surface area (Å²) in [7, 11) is 0. The van der Waals surface area contributed by atoms with Crippen LogP contribution in [0.2, 0.25) is 5.02 Å². The first-order valence-electron chi connectivity index (χ1n) is 5.89. The Morgan fingerprint density at radius 2 is 1.95 bits per heavy atom. The molecule has 1 atom stereocenters. The summed E-state index contributed by atoms with van der Waals surface area (Å²) >= 11 is 6.07. The molecule has 1 N–H and O–H groups in total. The van der Waals surface area contributed by atoms with Crippen LogP contribution in [0.4, 0.5) is 4.39 Å². The second kappa shape index (κ2) is 5.59. The van der Waals surface area contributed by atoms with E-state index in [9.17, 15) is 9.50 Å². The van der Waals surface area contributed by atoms with Gasteiger partial charge in [0.15, 0.2) is 0 Å². The summed E-state index contributed by atoms with van der Waals surface area (Å²) in [6.07, 6.45) is -0.958. The molecule has 0 bridgehead atoms. The van der Waals surface area contributed by atoms with Gasteiger partial charge in [0.25, 0.3) is 0 Å². The number of ether oxygens (including phenoxy) is 1. The molecule has 0 saturated carbocycles. The third-order valence-electron chi connectivity index (χ3n) is 2.74. The largest absolute Gasteiger partial charge is 0.455 e. The first-order valence-corrected chi connectivity index (χ1v) is 6.27. The van der Waals surface area contributed by atoms with Crippen LogP contribution in [0, 0.1) is 12.7 Å². The number of hydrogen-bond donors (Lipinski definition) is 1. The predicted octanol–water partition coefficient (Wildman–Crippen LogP) is 4.63. The van der Waals surface area contributed by atoms with Gasteiger partial charge in [0, 0.05) is 0 Å². The maximum atomic E-state index is 13.7. The van der Waals surface area contributed by atoms with Crippen LogP contribution in [0.3, 0.4) is 0 Å². The smallest absolute Gasteiger partial charge is 0.146 e. The van der Waals surface area contributed by atoms with Crippen molar-refractivity contribution in [2.75, 3.05) is 0 Å². The van der Waals surface area contributed by atoms with E-state index >= 15 is 0 Å². The first-order chi connectivity index (χ1) is 8.99. The fourth-order valence-electron chi connectivity index (χ4n) is 1.82. The van der Waals surface area contributed by atoms with Crippen molar-refractivity contribution in [3.8, 4) is 11.5 Å². The molecule has 0 unspecified atom stereocenters. The summed E-state index contributed by atoms with van der Waals surface area (Å²) in [4.78, 5) is 0. The fourth-order valence-corrected chi connectivity index (χ4v) is 2.09. The zero-order valence-corrected chi connectivity index (χ0v) is 11.4. The van der Waals surface area contributed by atoms with Crippen molar-refractivity contribution in [2.45, 2.75) is 20.0 Å². The molecule has 19 heavy (non-hydrogen) atoms. The minimum Gasteiger partial charge on any atom is -0.455 e. The van der Waals surface area contributed by atoms with E-state index in [4.69, 9.17) is 16.3 Å². The standard InChI is InChI=1S/C15H14ClFO2/c1-9-6-7-13(11(16)8-9)19-14-5-3-4-12(17)15(14)10(2)18/h3-8,10,18H,1-2H3/t10-/m0/s1. The molecular formula is C15H14ClFO2. The highest BCUT2D eigenvalue weighted by Gasteiger charge is 2.16. The van der Waals surface area contributed by atoms with Crippen LogP contribution in [-0.4, -0.2) is 5.11 Å². The Bertz CT molecular complexity index is 597. The van der Waals surface area contributed by atoms with Crippen molar-refractivity contribution in [3.05, 3.63) is 58.4 Å². The van der Waals surface area contributed by atoms with Crippen molar-refractivity contribution in [1.82, 2.24) is 0 Å². The van der Waals surface area contributed by atoms with Gasteiger partial charge in [-0.25, -0.2) is 4.39 Å². The molecule has 0 spiro atoms. The predicted molar refractivity (Wildman–Crippen MR) is 73.3 cm³/mol. The van der Waals surface area contributed by atoms with E-state index in [1.807, 2.05) is 13.0 Å². The topological polar surface area (TPSA) is 29.5 Å². The minimum absolute atomic E-state index is 0.124. The summed E-state index contributed by atoms with van der Waals surface area (Å²) in [5, 5.41) is 10.1. The maximum Gasteiger partial charge on any atom is 0.146 e. The normalized spacial score (nSPS) is 12.3. The SMILES string of the molecule is Cc1ccc(Oc2cccc(F)c2[C@H](C)O)c(Cl)c1. The zero-order valence-electron chi connectivity index (χ0n) is 10.7. The molecule has 0 fully saturated rings. The van der Waals surface area contributed by atoms with Gasteiger partial charge in [0.05, 0.1) is 16.7 Å². The lowest BCUT2D eigenvalue weighted by Gasteiger charge is -2.14. The molecule has 100 valence electrons. The Morgan fingerprint density at radius 1 is 1.21 bits per heavy atom. The van der Waals surface area contributed by atoms with E-state index in [0.717, 1.165) is 5.56 Å². The van der Waals surface area contributed by atoms with Gasteiger partial charge in [-0.05, 0) is 43.7 Å². The van der Waals surface area contributed by atoms with Crippen LogP contribution in [0.5, 0.6) is 11.5 Å². The molecule has 0 aliphatic heterocycles. The average molecular weight is 281 g/mol. The summed E-state index contributed by atoms with van der Waals surface area (Å²) in [6, 6.07) is 9.74. The molecule has 0 radical (unpaired) electrons. The van der Waals surface area contributed by atoms with E-state index < -0.39 is 11.9 Å². The molecular weight excluding hydrogens is 267 g/mol. The molecule has 0 heterocycles. The zero-order chi connectivity index (χ0) is 14.0. The summed E-state index contributed by atoms with van der Waals surface area (Å²) in [6.45, 7) is 3.40. The van der Waals surface area contributed by atoms with Crippen LogP contribution in [0.25, 0.3) is 0 Å². The van der Waals surface area contributed by atoms with Gasteiger partial charge >= 0.3 is 0 Å². The van der Waals surface area contributed by atoms with Crippen molar-refractivity contribution >= 4 is 11.6 Å². The van der Waals surface area contributed by atoms with Gasteiger partial charge in [-0.3, -0.25) is 0 Å². The highest BCUT2D eigenvalue weighted by molar-refractivity contribution is 6.32. The molecule has 0 aromatic heterocycles. The second-order valence-electron chi connectivity index (χ2n) is 4.36. The van der Waals surface area contributed by atoms with E-state index in [1.54, 1.807) is 18.2 Å². The molecule has 2 aromatic carbocycles. The molecule has 0 saturated heterocycles. The van der Waals surface area contributed by atoms with Gasteiger partial charge in [0.2, 0.25) is 0 Å². The van der Waals surface area contributed by atoms with Gasteiger partial charge in [-0.2, -0.15) is 0 Å². The Kier molecular flexibility index (Phi) is 4.08. The first kappa shape index (κ1) is 13.8. The summed E-state index contributed by atoms with van der Waals surface area (Å²) < 4.78 is 19.3.